The van der Waals surface area contributed by atoms with Crippen LogP contribution in [0.5, 0.6) is 0 Å². The summed E-state index contributed by atoms with van der Waals surface area (Å²) in [5.74, 6) is -0.331. The second kappa shape index (κ2) is 3.17. The van der Waals surface area contributed by atoms with E-state index in [2.05, 4.69) is 5.32 Å². The Kier molecular flexibility index (Phi) is 2.11. The Morgan fingerprint density at radius 1 is 1.50 bits per heavy atom. The Morgan fingerprint density at radius 2 is 2.21 bits per heavy atom. The normalized spacial score (nSPS) is 18.7. The Hall–Kier alpha value is -1.22. The topological polar surface area (TPSA) is 29.1 Å². The average molecular weight is 193 g/mol. The van der Waals surface area contributed by atoms with Gasteiger partial charge in [-0.05, 0) is 19.1 Å². The Morgan fingerprint density at radius 3 is 2.71 bits per heavy atom. The molecule has 1 aromatic rings. The predicted octanol–water partition coefficient (Wildman–Crippen LogP) is 1.62. The highest BCUT2D eigenvalue weighted by molar-refractivity contribution is 6.01. The molecule has 1 heterocycles. The molecule has 2 rings (SSSR count). The van der Waals surface area contributed by atoms with Crippen LogP contribution < -0.4 is 5.32 Å². The lowest BCUT2D eigenvalue weighted by molar-refractivity contribution is 0.0721. The molecule has 74 valence electrons. The zero-order chi connectivity index (χ0) is 10.2. The fraction of sp³-hybridized carbons (Fsp3) is 0.364. The number of ketones is 1. The van der Waals surface area contributed by atoms with E-state index in [1.54, 1.807) is 12.1 Å². The molecule has 0 aromatic heterocycles. The van der Waals surface area contributed by atoms with Gasteiger partial charge in [0.15, 0.2) is 5.78 Å². The summed E-state index contributed by atoms with van der Waals surface area (Å²) in [5.41, 5.74) is 0.127. The fourth-order valence-electron chi connectivity index (χ4n) is 1.64. The fourth-order valence-corrected chi connectivity index (χ4v) is 1.64. The van der Waals surface area contributed by atoms with E-state index in [0.29, 0.717) is 18.7 Å². The van der Waals surface area contributed by atoms with E-state index in [-0.39, 0.29) is 17.0 Å². The van der Waals surface area contributed by atoms with Crippen molar-refractivity contribution in [3.63, 3.8) is 0 Å². The van der Waals surface area contributed by atoms with Gasteiger partial charge in [0.05, 0.1) is 5.41 Å². The van der Waals surface area contributed by atoms with Gasteiger partial charge in [-0.2, -0.15) is 0 Å². The second-order valence-electron chi connectivity index (χ2n) is 4.00. The van der Waals surface area contributed by atoms with Crippen LogP contribution in [0.1, 0.15) is 17.3 Å². The van der Waals surface area contributed by atoms with Crippen LogP contribution in [0.2, 0.25) is 0 Å². The SMILES string of the molecule is CC1(C(=O)c2cccc(F)c2)CNC1. The minimum Gasteiger partial charge on any atom is -0.315 e. The molecule has 1 N–H and O–H groups in total. The molecule has 14 heavy (non-hydrogen) atoms. The molecule has 0 unspecified atom stereocenters. The number of hydrogen-bond donors (Lipinski definition) is 1. The molecule has 0 saturated carbocycles. The number of Topliss-reactive ketones (excluding diaryl/α,β-unsaturated/α-hetero) is 1. The summed E-state index contributed by atoms with van der Waals surface area (Å²) in [7, 11) is 0. The van der Waals surface area contributed by atoms with Gasteiger partial charge in [-0.3, -0.25) is 4.79 Å². The predicted molar refractivity (Wildman–Crippen MR) is 51.7 cm³/mol. The van der Waals surface area contributed by atoms with Crippen molar-refractivity contribution in [2.24, 2.45) is 5.41 Å². The maximum atomic E-state index is 12.9. The van der Waals surface area contributed by atoms with Gasteiger partial charge in [0.25, 0.3) is 0 Å². The van der Waals surface area contributed by atoms with E-state index in [1.807, 2.05) is 6.92 Å². The quantitative estimate of drug-likeness (QED) is 0.723. The summed E-state index contributed by atoms with van der Waals surface area (Å²) >= 11 is 0. The number of benzene rings is 1. The van der Waals surface area contributed by atoms with Gasteiger partial charge >= 0.3 is 0 Å². The average Bonchev–Trinajstić information content (AvgIpc) is 2.13. The molecule has 0 spiro atoms. The van der Waals surface area contributed by atoms with Crippen LogP contribution in [-0.2, 0) is 0 Å². The standard InChI is InChI=1S/C11H12FNO/c1-11(6-13-7-11)10(14)8-3-2-4-9(12)5-8/h2-5,13H,6-7H2,1H3. The first-order chi connectivity index (χ1) is 6.62. The maximum absolute atomic E-state index is 12.9. The Labute approximate surface area is 82.1 Å². The lowest BCUT2D eigenvalue weighted by Gasteiger charge is -2.37. The van der Waals surface area contributed by atoms with Crippen molar-refractivity contribution in [1.82, 2.24) is 5.32 Å². The Bertz CT molecular complexity index is 371. The molecule has 0 amide bonds. The summed E-state index contributed by atoms with van der Waals surface area (Å²) < 4.78 is 12.9. The molecule has 0 bridgehead atoms. The van der Waals surface area contributed by atoms with Gasteiger partial charge < -0.3 is 5.32 Å². The van der Waals surface area contributed by atoms with Gasteiger partial charge in [0, 0.05) is 18.7 Å². The Balaban J connectivity index is 2.27. The molecule has 0 aliphatic carbocycles. The largest absolute Gasteiger partial charge is 0.315 e. The molecule has 1 aliphatic rings. The lowest BCUT2D eigenvalue weighted by Crippen LogP contribution is -2.56. The summed E-state index contributed by atoms with van der Waals surface area (Å²) in [6.07, 6.45) is 0. The highest BCUT2D eigenvalue weighted by atomic mass is 19.1. The van der Waals surface area contributed by atoms with Crippen LogP contribution in [0.15, 0.2) is 24.3 Å². The van der Waals surface area contributed by atoms with Crippen molar-refractivity contribution in [3.05, 3.63) is 35.6 Å². The summed E-state index contributed by atoms with van der Waals surface area (Å²) in [6, 6.07) is 5.87. The van der Waals surface area contributed by atoms with Crippen molar-refractivity contribution in [3.8, 4) is 0 Å². The third-order valence-electron chi connectivity index (χ3n) is 2.67. The molecule has 3 heteroatoms. The molecule has 1 fully saturated rings. The van der Waals surface area contributed by atoms with Gasteiger partial charge in [0.2, 0.25) is 0 Å². The first kappa shape index (κ1) is 9.34. The minimum absolute atomic E-state index is 0.0238. The zero-order valence-electron chi connectivity index (χ0n) is 8.01. The molecule has 0 atom stereocenters. The molecular formula is C11H12FNO. The van der Waals surface area contributed by atoms with Crippen LogP contribution in [-0.4, -0.2) is 18.9 Å². The van der Waals surface area contributed by atoms with Crippen LogP contribution in [0, 0.1) is 11.2 Å². The number of rotatable bonds is 2. The van der Waals surface area contributed by atoms with Crippen molar-refractivity contribution >= 4 is 5.78 Å². The van der Waals surface area contributed by atoms with Gasteiger partial charge in [-0.1, -0.05) is 12.1 Å². The van der Waals surface area contributed by atoms with E-state index >= 15 is 0 Å². The van der Waals surface area contributed by atoms with Crippen molar-refractivity contribution in [2.75, 3.05) is 13.1 Å². The number of hydrogen-bond acceptors (Lipinski definition) is 2. The van der Waals surface area contributed by atoms with Crippen LogP contribution in [0.25, 0.3) is 0 Å². The van der Waals surface area contributed by atoms with Crippen molar-refractivity contribution in [2.45, 2.75) is 6.92 Å². The summed E-state index contributed by atoms with van der Waals surface area (Å²) in [5, 5.41) is 3.05. The first-order valence-electron chi connectivity index (χ1n) is 4.63. The van der Waals surface area contributed by atoms with E-state index in [4.69, 9.17) is 0 Å². The molecule has 2 nitrogen and oxygen atoms in total. The zero-order valence-corrected chi connectivity index (χ0v) is 8.01. The van der Waals surface area contributed by atoms with Crippen molar-refractivity contribution in [1.29, 1.82) is 0 Å². The van der Waals surface area contributed by atoms with Crippen LogP contribution in [0.4, 0.5) is 4.39 Å². The molecule has 0 radical (unpaired) electrons. The van der Waals surface area contributed by atoms with Gasteiger partial charge in [-0.25, -0.2) is 4.39 Å². The van der Waals surface area contributed by atoms with Crippen LogP contribution in [0.3, 0.4) is 0 Å². The first-order valence-corrected chi connectivity index (χ1v) is 4.63. The second-order valence-corrected chi connectivity index (χ2v) is 4.00. The van der Waals surface area contributed by atoms with Crippen molar-refractivity contribution < 1.29 is 9.18 Å². The molecule has 1 aromatic carbocycles. The molecular weight excluding hydrogens is 181 g/mol. The van der Waals surface area contributed by atoms with Gasteiger partial charge in [0.1, 0.15) is 5.82 Å². The van der Waals surface area contributed by atoms with E-state index in [0.717, 1.165) is 0 Å². The maximum Gasteiger partial charge on any atom is 0.171 e. The molecule has 1 aliphatic heterocycles. The van der Waals surface area contributed by atoms with E-state index in [1.165, 1.54) is 12.1 Å². The summed E-state index contributed by atoms with van der Waals surface area (Å²) in [4.78, 5) is 11.9. The highest BCUT2D eigenvalue weighted by Gasteiger charge is 2.39. The monoisotopic (exact) mass is 193 g/mol. The minimum atomic E-state index is -0.355. The summed E-state index contributed by atoms with van der Waals surface area (Å²) in [6.45, 7) is 3.27. The van der Waals surface area contributed by atoms with E-state index in [9.17, 15) is 9.18 Å². The highest BCUT2D eigenvalue weighted by Crippen LogP contribution is 2.26. The van der Waals surface area contributed by atoms with Crippen LogP contribution >= 0.6 is 0 Å². The lowest BCUT2D eigenvalue weighted by atomic mass is 9.77. The number of halogens is 1. The third-order valence-corrected chi connectivity index (χ3v) is 2.67. The smallest absolute Gasteiger partial charge is 0.171 e. The number of nitrogens with one attached hydrogen (secondary N) is 1. The third kappa shape index (κ3) is 1.44. The van der Waals surface area contributed by atoms with Gasteiger partial charge in [-0.15, -0.1) is 0 Å². The number of carbonyl (C=O) groups is 1. The number of carbonyl (C=O) groups excluding carboxylic acids is 1. The van der Waals surface area contributed by atoms with E-state index < -0.39 is 0 Å². The molecule has 1 saturated heterocycles.